The van der Waals surface area contributed by atoms with E-state index in [-0.39, 0.29) is 11.8 Å². The van der Waals surface area contributed by atoms with Gasteiger partial charge in [-0.2, -0.15) is 0 Å². The van der Waals surface area contributed by atoms with Crippen molar-refractivity contribution in [3.63, 3.8) is 0 Å². The largest absolute Gasteiger partial charge is 0.481 e. The number of carboxylic acid groups (broad SMARTS) is 5. The normalized spacial score (nSPS) is 12.2. The lowest BCUT2D eigenvalue weighted by Crippen LogP contribution is -2.19. The van der Waals surface area contributed by atoms with Crippen molar-refractivity contribution in [2.24, 2.45) is 0 Å². The Morgan fingerprint density at radius 3 is 1.37 bits per heavy atom. The van der Waals surface area contributed by atoms with E-state index in [1.165, 1.54) is 12.2 Å². The van der Waals surface area contributed by atoms with Crippen molar-refractivity contribution in [2.75, 3.05) is 0 Å². The maximum atomic E-state index is 10.2. The number of imide groups is 1. The van der Waals surface area contributed by atoms with E-state index in [9.17, 15) is 33.6 Å². The van der Waals surface area contributed by atoms with Gasteiger partial charge in [-0.1, -0.05) is 0 Å². The molecule has 0 spiro atoms. The molecule has 1 aliphatic heterocycles. The van der Waals surface area contributed by atoms with E-state index in [0.29, 0.717) is 18.2 Å². The minimum Gasteiger partial charge on any atom is -0.481 e. The van der Waals surface area contributed by atoms with Crippen LogP contribution in [0, 0.1) is 0 Å². The van der Waals surface area contributed by atoms with Gasteiger partial charge >= 0.3 is 29.8 Å². The summed E-state index contributed by atoms with van der Waals surface area (Å²) in [5.74, 6) is -7.58. The fourth-order valence-electron chi connectivity index (χ4n) is 0.999. The summed E-state index contributed by atoms with van der Waals surface area (Å²) in [5, 5.41) is 42.2. The number of hydrogen-bond donors (Lipinski definition) is 6. The van der Waals surface area contributed by atoms with Crippen LogP contribution in [0.25, 0.3) is 0 Å². The van der Waals surface area contributed by atoms with E-state index in [4.69, 9.17) is 25.5 Å². The number of amides is 2. The maximum Gasteiger partial charge on any atom is 0.332 e. The summed E-state index contributed by atoms with van der Waals surface area (Å²) in [6.07, 6.45) is 3.06. The summed E-state index contributed by atoms with van der Waals surface area (Å²) in [7, 11) is 0. The predicted octanol–water partition coefficient (Wildman–Crippen LogP) is -1.53. The van der Waals surface area contributed by atoms with Crippen LogP contribution in [0.15, 0.2) is 36.0 Å². The van der Waals surface area contributed by atoms with E-state index in [1.807, 2.05) is 5.32 Å². The average molecular weight is 387 g/mol. The molecule has 0 radical (unpaired) electrons. The molecule has 0 aromatic heterocycles. The van der Waals surface area contributed by atoms with Gasteiger partial charge in [-0.15, -0.1) is 0 Å². The van der Waals surface area contributed by atoms with Crippen molar-refractivity contribution in [3.8, 4) is 0 Å². The second-order valence-corrected chi connectivity index (χ2v) is 4.08. The van der Waals surface area contributed by atoms with Gasteiger partial charge in [-0.25, -0.2) is 19.2 Å². The molecule has 0 fully saturated rings. The van der Waals surface area contributed by atoms with Crippen LogP contribution >= 0.6 is 0 Å². The van der Waals surface area contributed by atoms with Gasteiger partial charge < -0.3 is 25.5 Å². The molecule has 2 amide bonds. The number of carbonyl (C=O) groups is 7. The van der Waals surface area contributed by atoms with Gasteiger partial charge in [0, 0.05) is 30.4 Å². The minimum atomic E-state index is -1.54. The molecule has 0 unspecified atom stereocenters. The zero-order valence-corrected chi connectivity index (χ0v) is 13.2. The summed E-state index contributed by atoms with van der Waals surface area (Å²) in [6, 6.07) is 0. The van der Waals surface area contributed by atoms with Crippen molar-refractivity contribution >= 4 is 41.7 Å². The van der Waals surface area contributed by atoms with E-state index >= 15 is 0 Å². The minimum absolute atomic E-state index is 0.329. The molecule has 13 heteroatoms. The lowest BCUT2D eigenvalue weighted by atomic mass is 10.2. The molecular weight excluding hydrogens is 374 g/mol. The number of aliphatic carboxylic acids is 5. The first kappa shape index (κ1) is 25.0. The Bertz CT molecular complexity index is 696. The molecule has 13 nitrogen and oxygen atoms in total. The van der Waals surface area contributed by atoms with Crippen molar-refractivity contribution in [1.29, 1.82) is 0 Å². The van der Waals surface area contributed by atoms with Crippen LogP contribution < -0.4 is 5.32 Å². The summed E-state index contributed by atoms with van der Waals surface area (Å²) >= 11 is 0. The van der Waals surface area contributed by atoms with Gasteiger partial charge in [-0.3, -0.25) is 19.7 Å². The molecule has 6 N–H and O–H groups in total. The monoisotopic (exact) mass is 387 g/mol. The summed E-state index contributed by atoms with van der Waals surface area (Å²) in [6.45, 7) is 0. The Labute approximate surface area is 149 Å². The molecule has 1 heterocycles. The molecule has 0 aromatic rings. The van der Waals surface area contributed by atoms with Crippen LogP contribution in [0.3, 0.4) is 0 Å². The highest BCUT2D eigenvalue weighted by Gasteiger charge is 2.13. The van der Waals surface area contributed by atoms with Crippen molar-refractivity contribution in [2.45, 2.75) is 6.42 Å². The van der Waals surface area contributed by atoms with E-state index in [2.05, 4.69) is 0 Å². The quantitative estimate of drug-likeness (QED) is 0.225. The zero-order chi connectivity index (χ0) is 21.6. The molecule has 0 aliphatic carbocycles. The Morgan fingerprint density at radius 2 is 1.19 bits per heavy atom. The molecule has 0 saturated carbocycles. The summed E-state index contributed by atoms with van der Waals surface area (Å²) < 4.78 is 0. The van der Waals surface area contributed by atoms with Gasteiger partial charge in [0.2, 0.25) is 0 Å². The zero-order valence-electron chi connectivity index (χ0n) is 13.2. The average Bonchev–Trinajstić information content (AvgIpc) is 2.88. The first-order valence-electron chi connectivity index (χ1n) is 6.40. The van der Waals surface area contributed by atoms with Crippen LogP contribution in [0.1, 0.15) is 6.42 Å². The molecule has 0 saturated heterocycles. The molecule has 1 aliphatic rings. The third kappa shape index (κ3) is 17.9. The van der Waals surface area contributed by atoms with Crippen molar-refractivity contribution in [3.05, 3.63) is 36.0 Å². The van der Waals surface area contributed by atoms with E-state index in [0.717, 1.165) is 0 Å². The standard InChI is InChI=1S/C6H6O6.C4H3NO2.C4H4O4/c7-4(8)1-3(6(11)12)2-5(9)10;6-3-1-2-4(7)5-3;5-3(6)1-2-4(7)8/h1H,2H2,(H,7,8)(H,9,10)(H,11,12);1-2H,(H,5,6,7);1-2H,(H,5,6)(H,7,8)/b;;2-1-. The molecule has 27 heavy (non-hydrogen) atoms. The molecular formula is C14H13NO12. The maximum absolute atomic E-state index is 10.2. The number of carbonyl (C=O) groups excluding carboxylic acids is 2. The predicted molar refractivity (Wildman–Crippen MR) is 82.3 cm³/mol. The van der Waals surface area contributed by atoms with Gasteiger partial charge in [-0.05, 0) is 0 Å². The van der Waals surface area contributed by atoms with Crippen LogP contribution in [-0.4, -0.2) is 67.2 Å². The van der Waals surface area contributed by atoms with Crippen LogP contribution in [-0.2, 0) is 33.6 Å². The molecule has 1 rings (SSSR count). The first-order valence-corrected chi connectivity index (χ1v) is 6.40. The fraction of sp³-hybridized carbons (Fsp3) is 0.0714. The highest BCUT2D eigenvalue weighted by atomic mass is 16.4. The molecule has 0 aromatic carbocycles. The lowest BCUT2D eigenvalue weighted by Gasteiger charge is -1.94. The second-order valence-electron chi connectivity index (χ2n) is 4.08. The van der Waals surface area contributed by atoms with E-state index < -0.39 is 41.8 Å². The van der Waals surface area contributed by atoms with Crippen LogP contribution in [0.2, 0.25) is 0 Å². The third-order valence-electron chi connectivity index (χ3n) is 1.92. The number of carboxylic acids is 5. The van der Waals surface area contributed by atoms with Crippen molar-refractivity contribution < 1.29 is 59.1 Å². The Hall–Kier alpha value is -4.29. The summed E-state index contributed by atoms with van der Waals surface area (Å²) in [4.78, 5) is 69.3. The number of nitrogens with one attached hydrogen (secondary N) is 1. The smallest absolute Gasteiger partial charge is 0.332 e. The highest BCUT2D eigenvalue weighted by molar-refractivity contribution is 6.12. The molecule has 146 valence electrons. The number of hydrogen-bond acceptors (Lipinski definition) is 7. The third-order valence-corrected chi connectivity index (χ3v) is 1.92. The Morgan fingerprint density at radius 1 is 0.778 bits per heavy atom. The lowest BCUT2D eigenvalue weighted by molar-refractivity contribution is -0.140. The highest BCUT2D eigenvalue weighted by Crippen LogP contribution is 2.00. The van der Waals surface area contributed by atoms with Gasteiger partial charge in [0.25, 0.3) is 11.8 Å². The molecule has 0 bridgehead atoms. The second kappa shape index (κ2) is 13.1. The topological polar surface area (TPSA) is 233 Å². The van der Waals surface area contributed by atoms with Gasteiger partial charge in [0.1, 0.15) is 0 Å². The van der Waals surface area contributed by atoms with Crippen LogP contribution in [0.5, 0.6) is 0 Å². The SMILES string of the molecule is O=C(O)/C=C\C(=O)O.O=C(O)C=C(CC(=O)O)C(=O)O.O=C1C=CC(=O)N1. The Kier molecular flexibility index (Phi) is 12.1. The van der Waals surface area contributed by atoms with Gasteiger partial charge in [0.15, 0.2) is 0 Å². The first-order chi connectivity index (χ1) is 12.3. The Balaban J connectivity index is 0. The molecule has 0 atom stereocenters. The fourth-order valence-corrected chi connectivity index (χ4v) is 0.999. The van der Waals surface area contributed by atoms with Gasteiger partial charge in [0.05, 0.1) is 12.0 Å². The van der Waals surface area contributed by atoms with Crippen LogP contribution in [0.4, 0.5) is 0 Å². The number of rotatable bonds is 6. The van der Waals surface area contributed by atoms with Crippen molar-refractivity contribution in [1.82, 2.24) is 5.32 Å². The summed E-state index contributed by atoms with van der Waals surface area (Å²) in [5.41, 5.74) is -0.657. The van der Waals surface area contributed by atoms with E-state index in [1.54, 1.807) is 0 Å².